The van der Waals surface area contributed by atoms with E-state index in [2.05, 4.69) is 45.6 Å². The molecule has 0 aliphatic heterocycles. The summed E-state index contributed by atoms with van der Waals surface area (Å²) in [6.45, 7) is 11.4. The van der Waals surface area contributed by atoms with E-state index in [1.165, 1.54) is 5.56 Å². The van der Waals surface area contributed by atoms with Gasteiger partial charge < -0.3 is 9.16 Å². The minimum absolute atomic E-state index is 0.127. The van der Waals surface area contributed by atoms with E-state index in [1.54, 1.807) is 0 Å². The predicted octanol–water partition coefficient (Wildman–Crippen LogP) is 3.83. The summed E-state index contributed by atoms with van der Waals surface area (Å²) >= 11 is 0. The van der Waals surface area contributed by atoms with Gasteiger partial charge in [0.15, 0.2) is 8.32 Å². The van der Waals surface area contributed by atoms with Crippen molar-refractivity contribution in [3.05, 3.63) is 35.9 Å². The molecule has 0 amide bonds. The largest absolute Gasteiger partial charge is 0.412 e. The third-order valence-corrected chi connectivity index (χ3v) is 3.64. The molecule has 3 heteroatoms. The van der Waals surface area contributed by atoms with Crippen LogP contribution in [0.2, 0.25) is 19.6 Å². The molecule has 0 aromatic heterocycles. The lowest BCUT2D eigenvalue weighted by atomic mass is 10.2. The number of benzene rings is 1. The van der Waals surface area contributed by atoms with E-state index in [9.17, 15) is 0 Å². The van der Waals surface area contributed by atoms with Gasteiger partial charge in [0.05, 0.1) is 18.8 Å². The zero-order valence-corrected chi connectivity index (χ0v) is 12.6. The van der Waals surface area contributed by atoms with Crippen molar-refractivity contribution in [2.24, 2.45) is 0 Å². The Balaban J connectivity index is 2.37. The van der Waals surface area contributed by atoms with Crippen LogP contribution in [0.3, 0.4) is 0 Å². The van der Waals surface area contributed by atoms with E-state index in [4.69, 9.17) is 9.16 Å². The zero-order chi connectivity index (χ0) is 12.9. The van der Waals surface area contributed by atoms with Gasteiger partial charge in [-0.15, -0.1) is 0 Å². The van der Waals surface area contributed by atoms with Gasteiger partial charge >= 0.3 is 0 Å². The van der Waals surface area contributed by atoms with Crippen LogP contribution < -0.4 is 0 Å². The molecule has 0 spiro atoms. The summed E-state index contributed by atoms with van der Waals surface area (Å²) in [7, 11) is -1.47. The van der Waals surface area contributed by atoms with E-state index in [1.807, 2.05) is 18.2 Å². The summed E-state index contributed by atoms with van der Waals surface area (Å²) in [6.07, 6.45) is 0.285. The van der Waals surface area contributed by atoms with Crippen molar-refractivity contribution in [2.75, 3.05) is 0 Å². The Bertz CT molecular complexity index is 319. The van der Waals surface area contributed by atoms with Crippen LogP contribution >= 0.6 is 0 Å². The smallest absolute Gasteiger partial charge is 0.184 e. The lowest BCUT2D eigenvalue weighted by Crippen LogP contribution is -2.37. The molecule has 0 bridgehead atoms. The first-order valence-electron chi connectivity index (χ1n) is 6.22. The number of rotatable bonds is 6. The third kappa shape index (κ3) is 6.01. The molecule has 96 valence electrons. The van der Waals surface area contributed by atoms with Crippen molar-refractivity contribution in [1.29, 1.82) is 0 Å². The van der Waals surface area contributed by atoms with Gasteiger partial charge in [-0.1, -0.05) is 30.3 Å². The van der Waals surface area contributed by atoms with E-state index in [-0.39, 0.29) is 12.2 Å². The summed E-state index contributed by atoms with van der Waals surface area (Å²) in [6, 6.07) is 10.2. The predicted molar refractivity (Wildman–Crippen MR) is 74.6 cm³/mol. The molecule has 0 radical (unpaired) electrons. The number of ether oxygens (including phenoxy) is 1. The lowest BCUT2D eigenvalue weighted by molar-refractivity contribution is -0.0194. The highest BCUT2D eigenvalue weighted by Crippen LogP contribution is 2.13. The van der Waals surface area contributed by atoms with Crippen molar-refractivity contribution in [3.63, 3.8) is 0 Å². The van der Waals surface area contributed by atoms with Crippen molar-refractivity contribution < 1.29 is 9.16 Å². The molecule has 1 aromatic rings. The van der Waals surface area contributed by atoms with Gasteiger partial charge in [0.1, 0.15) is 0 Å². The van der Waals surface area contributed by atoms with E-state index >= 15 is 0 Å². The Morgan fingerprint density at radius 3 is 2.12 bits per heavy atom. The van der Waals surface area contributed by atoms with Gasteiger partial charge in [0.2, 0.25) is 0 Å². The first-order chi connectivity index (χ1) is 7.88. The van der Waals surface area contributed by atoms with Gasteiger partial charge in [-0.25, -0.2) is 0 Å². The van der Waals surface area contributed by atoms with Crippen LogP contribution in [0.25, 0.3) is 0 Å². The molecule has 1 aromatic carbocycles. The Morgan fingerprint density at radius 2 is 1.59 bits per heavy atom. The summed E-state index contributed by atoms with van der Waals surface area (Å²) < 4.78 is 11.8. The molecule has 0 fully saturated rings. The Kier molecular flexibility index (Phi) is 5.37. The summed E-state index contributed by atoms with van der Waals surface area (Å²) in [5.74, 6) is 0. The highest BCUT2D eigenvalue weighted by atomic mass is 28.4. The Labute approximate surface area is 106 Å². The number of hydrogen-bond acceptors (Lipinski definition) is 2. The molecule has 1 rings (SSSR count). The van der Waals surface area contributed by atoms with Crippen LogP contribution in [-0.4, -0.2) is 20.5 Å². The topological polar surface area (TPSA) is 18.5 Å². The maximum atomic E-state index is 6.00. The van der Waals surface area contributed by atoms with Crippen LogP contribution in [-0.2, 0) is 15.8 Å². The van der Waals surface area contributed by atoms with Crippen molar-refractivity contribution in [1.82, 2.24) is 0 Å². The highest BCUT2D eigenvalue weighted by Gasteiger charge is 2.22. The second-order valence-electron chi connectivity index (χ2n) is 5.44. The standard InChI is InChI=1S/C14H24O2Si/c1-12(13(2)16-17(3,4)5)15-11-14-9-7-6-8-10-14/h6-10,12-13H,11H2,1-5H3/t12-,13+/m1/s1. The fraction of sp³-hybridized carbons (Fsp3) is 0.571. The Hall–Kier alpha value is -0.643. The summed E-state index contributed by atoms with van der Waals surface area (Å²) in [5, 5.41) is 0. The molecule has 0 unspecified atom stereocenters. The normalized spacial score (nSPS) is 15.6. The molecule has 0 N–H and O–H groups in total. The van der Waals surface area contributed by atoms with Gasteiger partial charge in [-0.2, -0.15) is 0 Å². The van der Waals surface area contributed by atoms with Crippen molar-refractivity contribution in [2.45, 2.75) is 52.3 Å². The van der Waals surface area contributed by atoms with Gasteiger partial charge in [-0.05, 0) is 39.1 Å². The van der Waals surface area contributed by atoms with Gasteiger partial charge in [0, 0.05) is 0 Å². The third-order valence-electron chi connectivity index (χ3n) is 2.56. The average molecular weight is 252 g/mol. The fourth-order valence-electron chi connectivity index (χ4n) is 1.59. The SMILES string of the molecule is C[C@H](O[Si](C)(C)C)[C@@H](C)OCc1ccccc1. The fourth-order valence-corrected chi connectivity index (χ4v) is 2.90. The van der Waals surface area contributed by atoms with Gasteiger partial charge in [0.25, 0.3) is 0 Å². The zero-order valence-electron chi connectivity index (χ0n) is 11.6. The molecule has 0 heterocycles. The molecule has 0 saturated heterocycles. The summed E-state index contributed by atoms with van der Waals surface area (Å²) in [5.41, 5.74) is 1.21. The van der Waals surface area contributed by atoms with E-state index < -0.39 is 8.32 Å². The maximum Gasteiger partial charge on any atom is 0.184 e. The number of hydrogen-bond donors (Lipinski definition) is 0. The molecule has 17 heavy (non-hydrogen) atoms. The minimum atomic E-state index is -1.47. The van der Waals surface area contributed by atoms with Crippen LogP contribution in [0, 0.1) is 0 Å². The minimum Gasteiger partial charge on any atom is -0.412 e. The monoisotopic (exact) mass is 252 g/mol. The molecule has 0 saturated carbocycles. The first-order valence-corrected chi connectivity index (χ1v) is 9.62. The molecule has 0 aliphatic carbocycles. The first kappa shape index (κ1) is 14.4. The molecule has 2 nitrogen and oxygen atoms in total. The maximum absolute atomic E-state index is 6.00. The molecular formula is C14H24O2Si. The van der Waals surface area contributed by atoms with Crippen molar-refractivity contribution in [3.8, 4) is 0 Å². The summed E-state index contributed by atoms with van der Waals surface area (Å²) in [4.78, 5) is 0. The highest BCUT2D eigenvalue weighted by molar-refractivity contribution is 6.69. The van der Waals surface area contributed by atoms with E-state index in [0.717, 1.165) is 0 Å². The molecular weight excluding hydrogens is 228 g/mol. The second-order valence-corrected chi connectivity index (χ2v) is 9.90. The molecule has 2 atom stereocenters. The molecule has 0 aliphatic rings. The Morgan fingerprint density at radius 1 is 1.00 bits per heavy atom. The lowest BCUT2D eigenvalue weighted by Gasteiger charge is -2.28. The second kappa shape index (κ2) is 6.33. The van der Waals surface area contributed by atoms with Crippen molar-refractivity contribution >= 4 is 8.32 Å². The van der Waals surface area contributed by atoms with Crippen LogP contribution in [0.1, 0.15) is 19.4 Å². The van der Waals surface area contributed by atoms with Crippen LogP contribution in [0.15, 0.2) is 30.3 Å². The quantitative estimate of drug-likeness (QED) is 0.716. The van der Waals surface area contributed by atoms with Crippen LogP contribution in [0.5, 0.6) is 0 Å². The van der Waals surface area contributed by atoms with Crippen LogP contribution in [0.4, 0.5) is 0 Å². The van der Waals surface area contributed by atoms with Gasteiger partial charge in [-0.3, -0.25) is 0 Å². The van der Waals surface area contributed by atoms with E-state index in [0.29, 0.717) is 6.61 Å². The average Bonchev–Trinajstić information content (AvgIpc) is 2.25.